The molecule has 2 heterocycles. The molecule has 28 heavy (non-hydrogen) atoms. The van der Waals surface area contributed by atoms with Gasteiger partial charge in [-0.25, -0.2) is 13.3 Å². The molecule has 2 aliphatic rings. The fourth-order valence-corrected chi connectivity index (χ4v) is 7.25. The van der Waals surface area contributed by atoms with Gasteiger partial charge in [0.1, 0.15) is 10.3 Å². The van der Waals surface area contributed by atoms with Gasteiger partial charge in [-0.15, -0.1) is 11.3 Å². The van der Waals surface area contributed by atoms with Crippen molar-refractivity contribution in [3.8, 4) is 0 Å². The van der Waals surface area contributed by atoms with Crippen LogP contribution in [0.25, 0.3) is 0 Å². The van der Waals surface area contributed by atoms with Crippen LogP contribution in [-0.4, -0.2) is 36.6 Å². The third kappa shape index (κ3) is 3.53. The molecule has 1 aliphatic carbocycles. The van der Waals surface area contributed by atoms with Gasteiger partial charge in [-0.2, -0.15) is 4.31 Å². The van der Waals surface area contributed by atoms with E-state index >= 15 is 0 Å². The van der Waals surface area contributed by atoms with Crippen molar-refractivity contribution in [1.29, 1.82) is 0 Å². The molecular weight excluding hydrogens is 511 g/mol. The number of sulfonamides is 1. The van der Waals surface area contributed by atoms with Gasteiger partial charge >= 0.3 is 0 Å². The lowest BCUT2D eigenvalue weighted by Gasteiger charge is -2.31. The molecule has 1 saturated carbocycles. The standard InChI is InChI=1S/C19H19IN2O4S2/c20-13-7-9-14(10-8-13)21-17(23)12-16(19(21)24)22(15-4-1-2-5-15)28(25,26)18-6-3-11-27-18/h3,6-11,15-16H,1-2,4-5,12H2. The molecule has 1 aromatic heterocycles. The number of hydrogen-bond donors (Lipinski definition) is 0. The lowest BCUT2D eigenvalue weighted by Crippen LogP contribution is -2.49. The van der Waals surface area contributed by atoms with Crippen LogP contribution in [0.2, 0.25) is 0 Å². The molecule has 148 valence electrons. The molecule has 1 unspecified atom stereocenters. The van der Waals surface area contributed by atoms with Gasteiger partial charge in [0.2, 0.25) is 5.91 Å². The lowest BCUT2D eigenvalue weighted by atomic mass is 10.2. The number of hydrogen-bond acceptors (Lipinski definition) is 5. The zero-order valence-electron chi connectivity index (χ0n) is 15.0. The summed E-state index contributed by atoms with van der Waals surface area (Å²) in [5.74, 6) is -0.821. The highest BCUT2D eigenvalue weighted by Gasteiger charge is 2.49. The minimum atomic E-state index is -3.84. The predicted molar refractivity (Wildman–Crippen MR) is 116 cm³/mol. The van der Waals surface area contributed by atoms with Crippen LogP contribution in [0.5, 0.6) is 0 Å². The molecule has 2 aromatic rings. The van der Waals surface area contributed by atoms with Crippen molar-refractivity contribution in [3.63, 3.8) is 0 Å². The Labute approximate surface area is 181 Å². The summed E-state index contributed by atoms with van der Waals surface area (Å²) >= 11 is 3.29. The lowest BCUT2D eigenvalue weighted by molar-refractivity contribution is -0.122. The van der Waals surface area contributed by atoms with Gasteiger partial charge in [-0.3, -0.25) is 9.59 Å². The molecule has 2 amide bonds. The second kappa shape index (κ2) is 7.85. The quantitative estimate of drug-likeness (QED) is 0.438. The molecule has 0 spiro atoms. The number of carbonyl (C=O) groups excluding carboxylic acids is 2. The topological polar surface area (TPSA) is 74.8 Å². The molecular formula is C19H19IN2O4S2. The van der Waals surface area contributed by atoms with Crippen LogP contribution >= 0.6 is 33.9 Å². The van der Waals surface area contributed by atoms with Gasteiger partial charge in [0.15, 0.2) is 0 Å². The van der Waals surface area contributed by atoms with E-state index in [0.717, 1.165) is 32.6 Å². The highest BCUT2D eigenvalue weighted by atomic mass is 127. The Morgan fingerprint density at radius 3 is 2.36 bits per heavy atom. The van der Waals surface area contributed by atoms with E-state index < -0.39 is 22.0 Å². The average molecular weight is 530 g/mol. The van der Waals surface area contributed by atoms with Crippen molar-refractivity contribution in [2.24, 2.45) is 0 Å². The van der Waals surface area contributed by atoms with Crippen LogP contribution in [-0.2, 0) is 19.6 Å². The van der Waals surface area contributed by atoms with Crippen LogP contribution < -0.4 is 4.90 Å². The first-order chi connectivity index (χ1) is 13.4. The molecule has 9 heteroatoms. The molecule has 0 radical (unpaired) electrons. The van der Waals surface area contributed by atoms with E-state index in [9.17, 15) is 18.0 Å². The Hall–Kier alpha value is -1.30. The minimum Gasteiger partial charge on any atom is -0.274 e. The monoisotopic (exact) mass is 530 g/mol. The number of halogens is 1. The van der Waals surface area contributed by atoms with E-state index in [4.69, 9.17) is 0 Å². The van der Waals surface area contributed by atoms with E-state index in [-0.39, 0.29) is 22.6 Å². The molecule has 1 aromatic carbocycles. The van der Waals surface area contributed by atoms with Crippen molar-refractivity contribution in [2.45, 2.75) is 48.4 Å². The molecule has 2 fully saturated rings. The molecule has 0 N–H and O–H groups in total. The van der Waals surface area contributed by atoms with Crippen LogP contribution in [0.15, 0.2) is 46.0 Å². The Morgan fingerprint density at radius 1 is 1.07 bits per heavy atom. The first-order valence-electron chi connectivity index (χ1n) is 9.09. The summed E-state index contributed by atoms with van der Waals surface area (Å²) in [4.78, 5) is 27.0. The number of thiophene rings is 1. The van der Waals surface area contributed by atoms with Crippen molar-refractivity contribution in [2.75, 3.05) is 4.90 Å². The Bertz CT molecular complexity index is 983. The number of benzene rings is 1. The maximum absolute atomic E-state index is 13.4. The number of anilines is 1. The SMILES string of the molecule is O=C1CC(N(C2CCCC2)S(=O)(=O)c2cccs2)C(=O)N1c1ccc(I)cc1. The van der Waals surface area contributed by atoms with Gasteiger partial charge in [0, 0.05) is 9.61 Å². The fourth-order valence-electron chi connectivity index (χ4n) is 3.97. The second-order valence-corrected chi connectivity index (χ2v) is 11.2. The molecule has 1 saturated heterocycles. The van der Waals surface area contributed by atoms with Gasteiger partial charge in [0.05, 0.1) is 12.1 Å². The van der Waals surface area contributed by atoms with Gasteiger partial charge < -0.3 is 0 Å². The third-order valence-electron chi connectivity index (χ3n) is 5.23. The van der Waals surface area contributed by atoms with E-state index in [0.29, 0.717) is 18.5 Å². The van der Waals surface area contributed by atoms with Crippen LogP contribution in [0, 0.1) is 3.57 Å². The van der Waals surface area contributed by atoms with Gasteiger partial charge in [0.25, 0.3) is 15.9 Å². The summed E-state index contributed by atoms with van der Waals surface area (Å²) in [6.07, 6.45) is 3.16. The molecule has 6 nitrogen and oxygen atoms in total. The molecule has 1 atom stereocenters. The van der Waals surface area contributed by atoms with Crippen LogP contribution in [0.3, 0.4) is 0 Å². The van der Waals surface area contributed by atoms with Crippen LogP contribution in [0.4, 0.5) is 5.69 Å². The molecule has 4 rings (SSSR count). The maximum atomic E-state index is 13.4. The summed E-state index contributed by atoms with van der Waals surface area (Å²) < 4.78 is 29.3. The van der Waals surface area contributed by atoms with Crippen molar-refractivity contribution >= 4 is 61.5 Å². The first-order valence-corrected chi connectivity index (χ1v) is 12.5. The zero-order chi connectivity index (χ0) is 19.9. The highest BCUT2D eigenvalue weighted by molar-refractivity contribution is 14.1. The van der Waals surface area contributed by atoms with Crippen molar-refractivity contribution in [3.05, 3.63) is 45.3 Å². The minimum absolute atomic E-state index is 0.119. The van der Waals surface area contributed by atoms with Crippen LogP contribution in [0.1, 0.15) is 32.1 Å². The number of nitrogens with zero attached hydrogens (tertiary/aromatic N) is 2. The largest absolute Gasteiger partial charge is 0.274 e. The number of imide groups is 1. The normalized spacial score (nSPS) is 21.2. The van der Waals surface area contributed by atoms with Crippen molar-refractivity contribution in [1.82, 2.24) is 4.31 Å². The first kappa shape index (κ1) is 20.0. The number of rotatable bonds is 5. The zero-order valence-corrected chi connectivity index (χ0v) is 18.7. The van der Waals surface area contributed by atoms with Gasteiger partial charge in [-0.05, 0) is 71.1 Å². The summed E-state index contributed by atoms with van der Waals surface area (Å²) in [7, 11) is -3.84. The average Bonchev–Trinajstić information content (AvgIpc) is 3.40. The third-order valence-corrected chi connectivity index (χ3v) is 9.28. The van der Waals surface area contributed by atoms with E-state index in [1.807, 2.05) is 12.1 Å². The molecule has 0 bridgehead atoms. The summed E-state index contributed by atoms with van der Waals surface area (Å²) in [5, 5.41) is 1.71. The second-order valence-electron chi connectivity index (χ2n) is 6.97. The maximum Gasteiger partial charge on any atom is 0.253 e. The van der Waals surface area contributed by atoms with E-state index in [2.05, 4.69) is 22.6 Å². The Balaban J connectivity index is 1.72. The van der Waals surface area contributed by atoms with E-state index in [1.165, 1.54) is 4.31 Å². The summed E-state index contributed by atoms with van der Waals surface area (Å²) in [6, 6.07) is 9.08. The van der Waals surface area contributed by atoms with E-state index in [1.54, 1.807) is 29.6 Å². The highest BCUT2D eigenvalue weighted by Crippen LogP contribution is 2.36. The Morgan fingerprint density at radius 2 is 1.75 bits per heavy atom. The van der Waals surface area contributed by atoms with Gasteiger partial charge in [-0.1, -0.05) is 18.9 Å². The summed E-state index contributed by atoms with van der Waals surface area (Å²) in [5.41, 5.74) is 0.484. The summed E-state index contributed by atoms with van der Waals surface area (Å²) in [6.45, 7) is 0. The van der Waals surface area contributed by atoms with Crippen molar-refractivity contribution < 1.29 is 18.0 Å². The molecule has 1 aliphatic heterocycles. The predicted octanol–water partition coefficient (Wildman–Crippen LogP) is 3.62. The fraction of sp³-hybridized carbons (Fsp3) is 0.368. The number of amides is 2. The number of carbonyl (C=O) groups is 2. The Kier molecular flexibility index (Phi) is 5.60. The smallest absolute Gasteiger partial charge is 0.253 e.